The third-order valence-corrected chi connectivity index (χ3v) is 3.54. The molecule has 0 saturated carbocycles. The number of nitrogens with one attached hydrogen (secondary N) is 1. The maximum atomic E-state index is 4.34. The summed E-state index contributed by atoms with van der Waals surface area (Å²) in [5.41, 5.74) is 4.03. The van der Waals surface area contributed by atoms with Crippen LogP contribution in [0.4, 0.5) is 5.69 Å². The van der Waals surface area contributed by atoms with Crippen LogP contribution in [0.5, 0.6) is 0 Å². The van der Waals surface area contributed by atoms with Gasteiger partial charge in [-0.2, -0.15) is 0 Å². The predicted octanol–water partition coefficient (Wildman–Crippen LogP) is 2.74. The largest absolute Gasteiger partial charge is 0.379 e. The minimum absolute atomic E-state index is 0.658. The molecular formula is C14H13BrN6. The average molecular weight is 345 g/mol. The summed E-state index contributed by atoms with van der Waals surface area (Å²) in [6.45, 7) is 2.68. The number of rotatable bonds is 4. The van der Waals surface area contributed by atoms with Crippen LogP contribution in [0.15, 0.2) is 47.3 Å². The molecule has 6 nitrogen and oxygen atoms in total. The van der Waals surface area contributed by atoms with E-state index in [4.69, 9.17) is 0 Å². The van der Waals surface area contributed by atoms with E-state index in [1.165, 1.54) is 0 Å². The summed E-state index contributed by atoms with van der Waals surface area (Å²) >= 11 is 3.38. The van der Waals surface area contributed by atoms with E-state index in [0.29, 0.717) is 6.54 Å². The first kappa shape index (κ1) is 13.7. The van der Waals surface area contributed by atoms with Crippen LogP contribution in [0.1, 0.15) is 11.3 Å². The Bertz CT molecular complexity index is 724. The molecule has 7 heteroatoms. The number of aryl methyl sites for hydroxylation is 1. The van der Waals surface area contributed by atoms with Crippen molar-refractivity contribution in [2.24, 2.45) is 0 Å². The van der Waals surface area contributed by atoms with Crippen LogP contribution in [-0.2, 0) is 6.54 Å². The van der Waals surface area contributed by atoms with Crippen molar-refractivity contribution in [2.45, 2.75) is 13.5 Å². The Morgan fingerprint density at radius 1 is 1.24 bits per heavy atom. The van der Waals surface area contributed by atoms with E-state index < -0.39 is 0 Å². The second-order valence-corrected chi connectivity index (χ2v) is 5.49. The van der Waals surface area contributed by atoms with Gasteiger partial charge in [-0.15, -0.1) is 5.10 Å². The number of hydrogen-bond donors (Lipinski definition) is 1. The van der Waals surface area contributed by atoms with Gasteiger partial charge in [-0.25, -0.2) is 4.68 Å². The second kappa shape index (κ2) is 6.01. The van der Waals surface area contributed by atoms with Crippen molar-refractivity contribution in [3.63, 3.8) is 0 Å². The predicted molar refractivity (Wildman–Crippen MR) is 83.2 cm³/mol. The number of anilines is 1. The smallest absolute Gasteiger partial charge is 0.143 e. The molecule has 0 aliphatic carbocycles. The van der Waals surface area contributed by atoms with Gasteiger partial charge in [0.2, 0.25) is 0 Å². The molecule has 3 aromatic rings. The summed E-state index contributed by atoms with van der Waals surface area (Å²) in [5, 5.41) is 14.6. The van der Waals surface area contributed by atoms with E-state index in [0.717, 1.165) is 27.1 Å². The Hall–Kier alpha value is -2.28. The van der Waals surface area contributed by atoms with Crippen LogP contribution in [-0.4, -0.2) is 25.2 Å². The second-order valence-electron chi connectivity index (χ2n) is 4.58. The van der Waals surface area contributed by atoms with Gasteiger partial charge in [0.25, 0.3) is 0 Å². The molecule has 0 amide bonds. The highest BCUT2D eigenvalue weighted by Crippen LogP contribution is 2.19. The molecular weight excluding hydrogens is 332 g/mol. The molecule has 0 bridgehead atoms. The van der Waals surface area contributed by atoms with Crippen molar-refractivity contribution in [1.29, 1.82) is 0 Å². The molecule has 21 heavy (non-hydrogen) atoms. The van der Waals surface area contributed by atoms with Crippen molar-refractivity contribution in [3.05, 3.63) is 58.6 Å². The summed E-state index contributed by atoms with van der Waals surface area (Å²) < 4.78 is 2.63. The number of aromatic nitrogens is 5. The monoisotopic (exact) mass is 344 g/mol. The Labute approximate surface area is 130 Å². The first-order chi connectivity index (χ1) is 10.2. The van der Waals surface area contributed by atoms with E-state index in [2.05, 4.69) is 41.8 Å². The molecule has 0 atom stereocenters. The number of nitrogens with zero attached hydrogens (tertiary/aromatic N) is 5. The zero-order valence-electron chi connectivity index (χ0n) is 11.4. The molecule has 1 N–H and O–H groups in total. The molecule has 0 unspecified atom stereocenters. The number of halogens is 1. The zero-order chi connectivity index (χ0) is 14.7. The molecule has 0 spiro atoms. The SMILES string of the molecule is Cc1ccc(NCc2ccc(Br)cn2)cc1-n1cnnn1. The molecule has 0 aliphatic heterocycles. The molecule has 0 radical (unpaired) electrons. The van der Waals surface area contributed by atoms with Gasteiger partial charge in [-0.05, 0) is 63.1 Å². The Morgan fingerprint density at radius 3 is 2.86 bits per heavy atom. The highest BCUT2D eigenvalue weighted by molar-refractivity contribution is 9.10. The van der Waals surface area contributed by atoms with Crippen molar-refractivity contribution >= 4 is 21.6 Å². The van der Waals surface area contributed by atoms with Crippen LogP contribution in [0.3, 0.4) is 0 Å². The third-order valence-electron chi connectivity index (χ3n) is 3.07. The molecule has 2 aromatic heterocycles. The van der Waals surface area contributed by atoms with Crippen molar-refractivity contribution in [1.82, 2.24) is 25.2 Å². The zero-order valence-corrected chi connectivity index (χ0v) is 12.9. The van der Waals surface area contributed by atoms with E-state index in [9.17, 15) is 0 Å². The summed E-state index contributed by atoms with van der Waals surface area (Å²) in [5.74, 6) is 0. The topological polar surface area (TPSA) is 68.5 Å². The van der Waals surface area contributed by atoms with E-state index in [1.807, 2.05) is 37.3 Å². The molecule has 0 saturated heterocycles. The Kier molecular flexibility index (Phi) is 3.92. The number of benzene rings is 1. The van der Waals surface area contributed by atoms with Gasteiger partial charge in [0.05, 0.1) is 17.9 Å². The molecule has 0 aliphatic rings. The van der Waals surface area contributed by atoms with Crippen molar-refractivity contribution < 1.29 is 0 Å². The Balaban J connectivity index is 1.77. The number of tetrazole rings is 1. The minimum atomic E-state index is 0.658. The van der Waals surface area contributed by atoms with Crippen LogP contribution >= 0.6 is 15.9 Å². The standard InChI is InChI=1S/C14H13BrN6/c1-10-2-4-12(6-14(10)21-9-18-19-20-21)17-8-13-5-3-11(15)7-16-13/h2-7,9,17H,8H2,1H3. The van der Waals surface area contributed by atoms with Gasteiger partial charge in [-0.1, -0.05) is 6.07 Å². The summed E-state index contributed by atoms with van der Waals surface area (Å²) in [4.78, 5) is 4.34. The lowest BCUT2D eigenvalue weighted by atomic mass is 10.2. The maximum Gasteiger partial charge on any atom is 0.143 e. The van der Waals surface area contributed by atoms with E-state index in [1.54, 1.807) is 17.2 Å². The Morgan fingerprint density at radius 2 is 2.14 bits per heavy atom. The van der Waals surface area contributed by atoms with Crippen LogP contribution < -0.4 is 5.32 Å². The van der Waals surface area contributed by atoms with E-state index >= 15 is 0 Å². The van der Waals surface area contributed by atoms with Crippen LogP contribution in [0.25, 0.3) is 5.69 Å². The first-order valence-corrected chi connectivity index (χ1v) is 7.20. The fraction of sp³-hybridized carbons (Fsp3) is 0.143. The van der Waals surface area contributed by atoms with Gasteiger partial charge in [-0.3, -0.25) is 4.98 Å². The average Bonchev–Trinajstić information content (AvgIpc) is 3.02. The summed E-state index contributed by atoms with van der Waals surface area (Å²) in [6.07, 6.45) is 3.38. The summed E-state index contributed by atoms with van der Waals surface area (Å²) in [7, 11) is 0. The van der Waals surface area contributed by atoms with Gasteiger partial charge in [0.1, 0.15) is 6.33 Å². The lowest BCUT2D eigenvalue weighted by Gasteiger charge is -2.10. The highest BCUT2D eigenvalue weighted by atomic mass is 79.9. The normalized spacial score (nSPS) is 10.6. The van der Waals surface area contributed by atoms with Crippen molar-refractivity contribution in [3.8, 4) is 5.69 Å². The number of pyridine rings is 1. The fourth-order valence-corrected chi connectivity index (χ4v) is 2.18. The van der Waals surface area contributed by atoms with Gasteiger partial charge in [0, 0.05) is 16.4 Å². The van der Waals surface area contributed by atoms with Crippen molar-refractivity contribution in [2.75, 3.05) is 5.32 Å². The fourth-order valence-electron chi connectivity index (χ4n) is 1.94. The molecule has 106 valence electrons. The quantitative estimate of drug-likeness (QED) is 0.788. The molecule has 0 fully saturated rings. The maximum absolute atomic E-state index is 4.34. The lowest BCUT2D eigenvalue weighted by Crippen LogP contribution is -2.04. The minimum Gasteiger partial charge on any atom is -0.379 e. The highest BCUT2D eigenvalue weighted by Gasteiger charge is 2.04. The van der Waals surface area contributed by atoms with Crippen LogP contribution in [0, 0.1) is 6.92 Å². The molecule has 2 heterocycles. The first-order valence-electron chi connectivity index (χ1n) is 6.41. The lowest BCUT2D eigenvalue weighted by molar-refractivity contribution is 0.785. The van der Waals surface area contributed by atoms with Gasteiger partial charge >= 0.3 is 0 Å². The third kappa shape index (κ3) is 3.25. The molecule has 3 rings (SSSR count). The van der Waals surface area contributed by atoms with Gasteiger partial charge < -0.3 is 5.32 Å². The van der Waals surface area contributed by atoms with E-state index in [-0.39, 0.29) is 0 Å². The van der Waals surface area contributed by atoms with Crippen LogP contribution in [0.2, 0.25) is 0 Å². The van der Waals surface area contributed by atoms with Gasteiger partial charge in [0.15, 0.2) is 0 Å². The summed E-state index contributed by atoms with van der Waals surface area (Å²) in [6, 6.07) is 10.0. The number of hydrogen-bond acceptors (Lipinski definition) is 5. The molecule has 1 aromatic carbocycles.